The molecule has 0 saturated heterocycles. The fourth-order valence-corrected chi connectivity index (χ4v) is 2.98. The first-order chi connectivity index (χ1) is 8.90. The monoisotopic (exact) mass is 358 g/mol. The maximum absolute atomic E-state index is 10.4. The number of allylic oxidation sites excluding steroid dienone is 1. The Balaban J connectivity index is 2.57. The minimum Gasteiger partial charge on any atom is -0.144 e. The first-order valence-corrected chi connectivity index (χ1v) is 8.56. The van der Waals surface area contributed by atoms with Gasteiger partial charge in [0.2, 0.25) is 0 Å². The number of benzene rings is 1. The van der Waals surface area contributed by atoms with Crippen molar-refractivity contribution in [3.8, 4) is 0 Å². The lowest BCUT2D eigenvalue weighted by Gasteiger charge is -2.06. The van der Waals surface area contributed by atoms with Gasteiger partial charge in [-0.25, -0.2) is 0 Å². The molecule has 0 aliphatic heterocycles. The van der Waals surface area contributed by atoms with Gasteiger partial charge in [-0.1, -0.05) is 46.0 Å². The Bertz CT molecular complexity index is 511. The van der Waals surface area contributed by atoms with Gasteiger partial charge in [0.1, 0.15) is 0 Å². The lowest BCUT2D eigenvalue weighted by molar-refractivity contribution is 0.492. The average Bonchev–Trinajstić information content (AvgIpc) is 2.31. The Morgan fingerprint density at radius 1 is 1.37 bits per heavy atom. The Kier molecular flexibility index (Phi) is 7.70. The van der Waals surface area contributed by atoms with E-state index in [0.29, 0.717) is 27.4 Å². The van der Waals surface area contributed by atoms with E-state index < -0.39 is 8.18 Å². The van der Waals surface area contributed by atoms with Crippen molar-refractivity contribution in [3.05, 3.63) is 43.7 Å². The van der Waals surface area contributed by atoms with Crippen LogP contribution < -0.4 is 5.09 Å². The van der Waals surface area contributed by atoms with Gasteiger partial charge in [0.05, 0.1) is 16.6 Å². The number of nitrogens with one attached hydrogen (secondary N) is 1. The van der Waals surface area contributed by atoms with Gasteiger partial charge in [0, 0.05) is 10.8 Å². The highest BCUT2D eigenvalue weighted by Crippen LogP contribution is 2.32. The van der Waals surface area contributed by atoms with Gasteiger partial charge >= 0.3 is 8.18 Å². The summed E-state index contributed by atoms with van der Waals surface area (Å²) in [6.45, 7) is 2.27. The van der Waals surface area contributed by atoms with Crippen molar-refractivity contribution in [2.24, 2.45) is 0 Å². The highest BCUT2D eigenvalue weighted by molar-refractivity contribution is 8.02. The number of halogens is 3. The van der Waals surface area contributed by atoms with Gasteiger partial charge in [-0.2, -0.15) is 0 Å². The van der Waals surface area contributed by atoms with Crippen molar-refractivity contribution < 1.29 is 9.46 Å². The zero-order chi connectivity index (χ0) is 14.4. The van der Waals surface area contributed by atoms with Crippen LogP contribution in [0.25, 0.3) is 0 Å². The first kappa shape index (κ1) is 17.3. The highest BCUT2D eigenvalue weighted by Gasteiger charge is 2.08. The molecular formula is C11H12Cl3NO2PS+. The van der Waals surface area contributed by atoms with Gasteiger partial charge in [-0.3, -0.25) is 0 Å². The van der Waals surface area contributed by atoms with Crippen molar-refractivity contribution in [1.29, 1.82) is 0 Å². The van der Waals surface area contributed by atoms with Gasteiger partial charge in [-0.05, 0) is 34.1 Å². The van der Waals surface area contributed by atoms with Gasteiger partial charge in [-0.15, -0.1) is 16.7 Å². The quantitative estimate of drug-likeness (QED) is 0.553. The summed E-state index contributed by atoms with van der Waals surface area (Å²) in [4.78, 5) is 9.60. The molecule has 0 saturated carbocycles. The van der Waals surface area contributed by atoms with Crippen molar-refractivity contribution >= 4 is 54.7 Å². The third-order valence-corrected chi connectivity index (χ3v) is 4.77. The minimum absolute atomic E-state index is 0.347. The maximum atomic E-state index is 10.4. The first-order valence-electron chi connectivity index (χ1n) is 5.22. The summed E-state index contributed by atoms with van der Waals surface area (Å²) in [6.07, 6.45) is 1.83. The molecule has 1 aromatic carbocycles. The number of hydrogen-bond donors (Lipinski definition) is 2. The van der Waals surface area contributed by atoms with Crippen molar-refractivity contribution in [3.63, 3.8) is 0 Å². The molecule has 0 radical (unpaired) electrons. The summed E-state index contributed by atoms with van der Waals surface area (Å²) in [5.74, 6) is 0.656. The van der Waals surface area contributed by atoms with E-state index in [1.807, 2.05) is 13.0 Å². The van der Waals surface area contributed by atoms with Crippen molar-refractivity contribution in [2.75, 3.05) is 6.54 Å². The maximum Gasteiger partial charge on any atom is 0.610 e. The van der Waals surface area contributed by atoms with E-state index >= 15 is 0 Å². The van der Waals surface area contributed by atoms with Crippen LogP contribution in [0.15, 0.2) is 23.1 Å². The topological polar surface area (TPSA) is 49.3 Å². The molecule has 1 atom stereocenters. The number of rotatable bonds is 6. The smallest absolute Gasteiger partial charge is 0.144 e. The molecule has 0 spiro atoms. The molecule has 0 aliphatic rings. The molecule has 1 unspecified atom stereocenters. The second kappa shape index (κ2) is 8.48. The Hall–Kier alpha value is 0.200. The summed E-state index contributed by atoms with van der Waals surface area (Å²) < 4.78 is 10.4. The molecule has 0 fully saturated rings. The molecule has 1 aromatic rings. The Morgan fingerprint density at radius 2 is 2.00 bits per heavy atom. The van der Waals surface area contributed by atoms with E-state index in [2.05, 4.69) is 5.09 Å². The lowest BCUT2D eigenvalue weighted by atomic mass is 10.2. The van der Waals surface area contributed by atoms with Crippen molar-refractivity contribution in [2.45, 2.75) is 12.7 Å². The predicted octanol–water partition coefficient (Wildman–Crippen LogP) is 5.02. The second-order valence-corrected chi connectivity index (χ2v) is 6.90. The van der Waals surface area contributed by atoms with Gasteiger partial charge < -0.3 is 0 Å². The summed E-state index contributed by atoms with van der Waals surface area (Å²) in [5, 5.41) is 3.90. The van der Waals surface area contributed by atoms with E-state index in [0.717, 1.165) is 10.5 Å². The molecule has 19 heavy (non-hydrogen) atoms. The molecule has 104 valence electrons. The summed E-state index contributed by atoms with van der Waals surface area (Å²) in [6, 6.07) is 3.37. The second-order valence-electron chi connectivity index (χ2n) is 3.60. The largest absolute Gasteiger partial charge is 0.610 e. The fourth-order valence-electron chi connectivity index (χ4n) is 1.19. The third-order valence-electron chi connectivity index (χ3n) is 2.16. The van der Waals surface area contributed by atoms with E-state index in [1.165, 1.54) is 0 Å². The molecule has 1 rings (SSSR count). The van der Waals surface area contributed by atoms with Crippen LogP contribution in [0.5, 0.6) is 0 Å². The van der Waals surface area contributed by atoms with E-state index in [1.54, 1.807) is 23.9 Å². The van der Waals surface area contributed by atoms with Crippen LogP contribution in [-0.4, -0.2) is 11.4 Å². The van der Waals surface area contributed by atoms with E-state index in [4.69, 9.17) is 39.7 Å². The zero-order valence-electron chi connectivity index (χ0n) is 9.99. The molecule has 0 amide bonds. The van der Waals surface area contributed by atoms with E-state index in [-0.39, 0.29) is 0 Å². The summed E-state index contributed by atoms with van der Waals surface area (Å²) in [7, 11) is -2.30. The number of hydrogen-bond acceptors (Lipinski definition) is 2. The van der Waals surface area contributed by atoms with Crippen LogP contribution in [0.4, 0.5) is 0 Å². The molecule has 3 nitrogen and oxygen atoms in total. The molecule has 0 heterocycles. The predicted molar refractivity (Wildman–Crippen MR) is 84.4 cm³/mol. The fraction of sp³-hybridized carbons (Fsp3) is 0.273. The molecule has 0 bridgehead atoms. The van der Waals surface area contributed by atoms with Crippen LogP contribution >= 0.6 is 54.7 Å². The lowest BCUT2D eigenvalue weighted by Crippen LogP contribution is -2.01. The number of thioether (sulfide) groups is 1. The summed E-state index contributed by atoms with van der Waals surface area (Å²) in [5.41, 5.74) is 0.898. The van der Waals surface area contributed by atoms with Crippen LogP contribution in [0.1, 0.15) is 12.5 Å². The van der Waals surface area contributed by atoms with Crippen molar-refractivity contribution in [1.82, 2.24) is 5.09 Å². The van der Waals surface area contributed by atoms with E-state index in [9.17, 15) is 4.57 Å². The normalized spacial score (nSPS) is 12.7. The summed E-state index contributed by atoms with van der Waals surface area (Å²) >= 11 is 19.4. The molecular weight excluding hydrogens is 348 g/mol. The van der Waals surface area contributed by atoms with Crippen LogP contribution in [-0.2, 0) is 10.3 Å². The van der Waals surface area contributed by atoms with Gasteiger partial charge in [0.25, 0.3) is 0 Å². The standard InChI is InChI=1S/C11H11Cl3NO2PS/c1-7(2-3-15-18(16)17)19-6-8-4-10(13)11(14)5-9(8)12/h2,4-5H,3,6H2,1H3,(H-,15,16,17)/p+1. The molecule has 0 aromatic heterocycles. The average molecular weight is 360 g/mol. The van der Waals surface area contributed by atoms with Crippen LogP contribution in [0.2, 0.25) is 15.1 Å². The van der Waals surface area contributed by atoms with Crippen LogP contribution in [0, 0.1) is 0 Å². The third kappa shape index (κ3) is 6.46. The molecule has 0 aliphatic carbocycles. The SMILES string of the molecule is CC(=CCN[P+](=O)O)SCc1cc(Cl)c(Cl)cc1Cl. The minimum atomic E-state index is -2.30. The Labute approximate surface area is 132 Å². The van der Waals surface area contributed by atoms with Gasteiger partial charge in [0.15, 0.2) is 0 Å². The highest BCUT2D eigenvalue weighted by atomic mass is 35.5. The zero-order valence-corrected chi connectivity index (χ0v) is 14.0. The van der Waals surface area contributed by atoms with Crippen LogP contribution in [0.3, 0.4) is 0 Å². The molecule has 2 N–H and O–H groups in total. The molecule has 8 heteroatoms. The Morgan fingerprint density at radius 3 is 2.63 bits per heavy atom.